The average molecular weight is 1380 g/mol. The van der Waals surface area contributed by atoms with E-state index in [1.165, 1.54) is 145 Å². The van der Waals surface area contributed by atoms with E-state index in [4.69, 9.17) is 0 Å². The zero-order chi connectivity index (χ0) is 70.1. The number of anilines is 9. The fraction of sp³-hybridized carbons (Fsp3) is 0.125. The Labute approximate surface area is 615 Å². The molecule has 14 aromatic carbocycles. The summed E-state index contributed by atoms with van der Waals surface area (Å²) in [6.45, 7) is 20.8. The van der Waals surface area contributed by atoms with Crippen LogP contribution in [0.25, 0.3) is 62.6 Å². The molecule has 3 nitrogen and oxygen atoms in total. The van der Waals surface area contributed by atoms with Gasteiger partial charge in [0.1, 0.15) is 0 Å². The molecule has 0 saturated heterocycles. The summed E-state index contributed by atoms with van der Waals surface area (Å²) < 4.78 is 5.05. The summed E-state index contributed by atoms with van der Waals surface area (Å²) in [6.07, 6.45) is 0. The van der Waals surface area contributed by atoms with Gasteiger partial charge in [-0.25, -0.2) is 0 Å². The zero-order valence-electron chi connectivity index (χ0n) is 59.8. The van der Waals surface area contributed by atoms with E-state index in [0.29, 0.717) is 0 Å². The van der Waals surface area contributed by atoms with Gasteiger partial charge < -0.3 is 14.7 Å². The summed E-state index contributed by atoms with van der Waals surface area (Å²) in [6, 6.07) is 124. The fourth-order valence-electron chi connectivity index (χ4n) is 16.8. The Balaban J connectivity index is 1.03. The van der Waals surface area contributed by atoms with Gasteiger partial charge in [0.05, 0.1) is 11.4 Å². The van der Waals surface area contributed by atoms with Crippen molar-refractivity contribution >= 4 is 166 Å². The van der Waals surface area contributed by atoms with Gasteiger partial charge in [-0.05, 0) is 160 Å². The van der Waals surface area contributed by atoms with Gasteiger partial charge in [-0.15, -0.1) is 22.7 Å². The maximum atomic E-state index is 2.76. The van der Waals surface area contributed by atoms with Crippen LogP contribution in [0.15, 0.2) is 322 Å². The molecule has 498 valence electrons. The van der Waals surface area contributed by atoms with Crippen LogP contribution in [0.5, 0.6) is 0 Å². The van der Waals surface area contributed by atoms with Crippen molar-refractivity contribution in [3.63, 3.8) is 0 Å². The highest BCUT2D eigenvalue weighted by Crippen LogP contribution is 2.56. The largest absolute Gasteiger partial charge is 0.310 e. The van der Waals surface area contributed by atoms with Gasteiger partial charge in [0.25, 0.3) is 6.71 Å². The molecule has 18 rings (SSSR count). The third-order valence-electron chi connectivity index (χ3n) is 21.9. The van der Waals surface area contributed by atoms with E-state index >= 15 is 0 Å². The van der Waals surface area contributed by atoms with Gasteiger partial charge in [-0.1, -0.05) is 305 Å². The molecule has 2 aromatic heterocycles. The lowest BCUT2D eigenvalue weighted by Crippen LogP contribution is -2.75. The number of hydrogen-bond acceptors (Lipinski definition) is 5. The lowest BCUT2D eigenvalue weighted by Gasteiger charge is -2.46. The van der Waals surface area contributed by atoms with Gasteiger partial charge in [0, 0.05) is 91.3 Å². The molecule has 103 heavy (non-hydrogen) atoms. The topological polar surface area (TPSA) is 9.72 Å². The quantitative estimate of drug-likeness (QED) is 0.0944. The molecule has 0 atom stereocenters. The molecule has 2 aliphatic rings. The Morgan fingerprint density at radius 3 is 1.14 bits per heavy atom. The van der Waals surface area contributed by atoms with Crippen molar-refractivity contribution in [1.29, 1.82) is 0 Å². The highest BCUT2D eigenvalue weighted by atomic mass is 32.1. The third kappa shape index (κ3) is 10.6. The maximum absolute atomic E-state index is 3.17. The summed E-state index contributed by atoms with van der Waals surface area (Å²) in [4.78, 5) is 8.03. The van der Waals surface area contributed by atoms with E-state index in [9.17, 15) is 0 Å². The maximum Gasteiger partial charge on any atom is 0.252 e. The molecule has 0 unspecified atom stereocenters. The van der Waals surface area contributed by atoms with Crippen LogP contribution in [-0.2, 0) is 16.2 Å². The van der Waals surface area contributed by atoms with Crippen molar-refractivity contribution in [2.45, 2.75) is 78.6 Å². The number of fused-ring (bicyclic) bond motifs is 10. The molecule has 0 N–H and O–H groups in total. The predicted molar refractivity (Wildman–Crippen MR) is 452 cm³/mol. The molecule has 0 spiro atoms. The molecule has 16 aromatic rings. The van der Waals surface area contributed by atoms with Gasteiger partial charge in [-0.3, -0.25) is 0 Å². The molecular weight excluding hydrogens is 1300 g/mol. The minimum Gasteiger partial charge on any atom is -0.310 e. The Hall–Kier alpha value is -10.8. The number of nitrogens with zero attached hydrogens (tertiary/aromatic N) is 3. The monoisotopic (exact) mass is 1380 g/mol. The molecule has 0 bridgehead atoms. The van der Waals surface area contributed by atoms with Crippen LogP contribution in [0.1, 0.15) is 79.0 Å². The van der Waals surface area contributed by atoms with Crippen LogP contribution >= 0.6 is 22.7 Å². The Kier molecular flexibility index (Phi) is 15.4. The average Bonchev–Trinajstić information content (AvgIpc) is 1.37. The summed E-state index contributed by atoms with van der Waals surface area (Å²) in [7, 11) is -3.17. The smallest absolute Gasteiger partial charge is 0.252 e. The number of hydrogen-bond donors (Lipinski definition) is 0. The molecule has 0 radical (unpaired) electrons. The molecule has 0 saturated carbocycles. The van der Waals surface area contributed by atoms with Crippen molar-refractivity contribution in [2.24, 2.45) is 0 Å². The van der Waals surface area contributed by atoms with Crippen LogP contribution in [-0.4, -0.2) is 14.8 Å². The molecule has 7 heteroatoms. The van der Waals surface area contributed by atoms with Crippen LogP contribution in [0.2, 0.25) is 0 Å². The first-order valence-corrected chi connectivity index (χ1v) is 39.9. The van der Waals surface area contributed by atoms with Crippen molar-refractivity contribution in [3.05, 3.63) is 338 Å². The first-order chi connectivity index (χ1) is 50.0. The lowest BCUT2D eigenvalue weighted by molar-refractivity contribution is 0.590. The first kappa shape index (κ1) is 64.3. The van der Waals surface area contributed by atoms with Crippen molar-refractivity contribution in [2.75, 3.05) is 14.7 Å². The summed E-state index contributed by atoms with van der Waals surface area (Å²) in [5.41, 5.74) is 22.3. The second-order valence-corrected chi connectivity index (χ2v) is 37.2. The highest BCUT2D eigenvalue weighted by molar-refractivity contribution is 7.26. The van der Waals surface area contributed by atoms with Crippen LogP contribution in [0.4, 0.5) is 51.2 Å². The summed E-state index contributed by atoms with van der Waals surface area (Å²) in [5.74, 6) is 0. The van der Waals surface area contributed by atoms with Gasteiger partial charge >= 0.3 is 0 Å². The molecular formula is C96H80BN3S2Si. The molecule has 2 aliphatic heterocycles. The number of thiophene rings is 2. The van der Waals surface area contributed by atoms with Crippen molar-refractivity contribution in [1.82, 2.24) is 0 Å². The van der Waals surface area contributed by atoms with E-state index < -0.39 is 8.07 Å². The minimum atomic E-state index is -3.17. The van der Waals surface area contributed by atoms with E-state index in [2.05, 4.69) is 399 Å². The van der Waals surface area contributed by atoms with Crippen LogP contribution in [0.3, 0.4) is 0 Å². The van der Waals surface area contributed by atoms with Gasteiger partial charge in [0.15, 0.2) is 8.07 Å². The molecule has 0 amide bonds. The first-order valence-electron chi connectivity index (χ1n) is 36.2. The number of rotatable bonds is 11. The molecule has 0 fully saturated rings. The zero-order valence-corrected chi connectivity index (χ0v) is 62.5. The van der Waals surface area contributed by atoms with Gasteiger partial charge in [-0.2, -0.15) is 0 Å². The standard InChI is InChI=1S/C96H80BN3S2Si/c1-94(2,3)65-43-47-68(48-44-65)98(69-49-45-66(46-50-69)95(4,5)6)70-51-55-79-82(61-70)100(93-76(64-31-17-11-18-32-64)54-58-88-90(93)78-40-26-28-42-86(78)102-88)84-60-67(96(7,8)9)59-83-91(84)97(79)80-62-74(103(71-33-19-12-20-34-71,72-35-21-13-22-36-72)73-37-23-14-24-38-73)52-56-81(80)99(83)92-75(63-29-15-10-16-30-63)53-57-87-89(92)77-39-25-27-41-85(77)101-87/h10-62H,1-9H3. The van der Waals surface area contributed by atoms with Crippen molar-refractivity contribution < 1.29 is 0 Å². The van der Waals surface area contributed by atoms with Gasteiger partial charge in [0.2, 0.25) is 0 Å². The summed E-state index contributed by atoms with van der Waals surface area (Å²) in [5, 5.41) is 10.4. The lowest BCUT2D eigenvalue weighted by atomic mass is 9.33. The Morgan fingerprint density at radius 2 is 0.699 bits per heavy atom. The normalized spacial score (nSPS) is 13.0. The second-order valence-electron chi connectivity index (χ2n) is 31.2. The van der Waals surface area contributed by atoms with Crippen LogP contribution < -0.4 is 51.8 Å². The van der Waals surface area contributed by atoms with E-state index in [-0.39, 0.29) is 23.0 Å². The van der Waals surface area contributed by atoms with E-state index in [0.717, 1.165) is 22.7 Å². The predicted octanol–water partition coefficient (Wildman–Crippen LogP) is 22.6. The summed E-state index contributed by atoms with van der Waals surface area (Å²) >= 11 is 3.79. The SMILES string of the molecule is CC(C)(C)c1ccc(N(c2ccc(C(C)(C)C)cc2)c2ccc3c(c2)N(c2c(-c4ccccc4)ccc4sc5ccccc5c24)c2cc(C(C)(C)C)cc4c2B3c2cc([Si](c3ccccc3)(c3ccccc3)c3ccccc3)ccc2N4c2c(-c3ccccc3)ccc3sc4ccccc4c23)cc1. The van der Waals surface area contributed by atoms with Crippen molar-refractivity contribution in [3.8, 4) is 22.3 Å². The Morgan fingerprint density at radius 1 is 0.301 bits per heavy atom. The minimum absolute atomic E-state index is 0.0320. The third-order valence-corrected chi connectivity index (χ3v) is 28.9. The molecule has 4 heterocycles. The van der Waals surface area contributed by atoms with E-state index in [1.54, 1.807) is 0 Å². The fourth-order valence-corrected chi connectivity index (χ4v) is 23.8. The van der Waals surface area contributed by atoms with E-state index in [1.807, 2.05) is 22.7 Å². The highest BCUT2D eigenvalue weighted by Gasteiger charge is 2.49. The Bertz CT molecular complexity index is 5780. The molecule has 0 aliphatic carbocycles. The van der Waals surface area contributed by atoms with Crippen LogP contribution in [0, 0.1) is 0 Å². The second kappa shape index (κ2) is 24.7. The number of benzene rings is 14.